The number of anilines is 1. The number of ether oxygens (including phenoxy) is 1. The Morgan fingerprint density at radius 1 is 1.33 bits per heavy atom. The second-order valence-corrected chi connectivity index (χ2v) is 6.17. The summed E-state index contributed by atoms with van der Waals surface area (Å²) in [5.41, 5.74) is 0.992. The zero-order valence-corrected chi connectivity index (χ0v) is 13.7. The van der Waals surface area contributed by atoms with Crippen LogP contribution in [0.1, 0.15) is 39.3 Å². The Morgan fingerprint density at radius 3 is 2.71 bits per heavy atom. The van der Waals surface area contributed by atoms with Gasteiger partial charge in [-0.1, -0.05) is 13.8 Å². The summed E-state index contributed by atoms with van der Waals surface area (Å²) in [4.78, 5) is 11.5. The van der Waals surface area contributed by atoms with E-state index in [1.807, 2.05) is 12.4 Å². The minimum Gasteiger partial charge on any atom is -0.383 e. The summed E-state index contributed by atoms with van der Waals surface area (Å²) >= 11 is 0. The molecule has 0 aliphatic heterocycles. The van der Waals surface area contributed by atoms with Crippen LogP contribution in [0.3, 0.4) is 0 Å². The third-order valence-corrected chi connectivity index (χ3v) is 3.99. The number of nitrogens with one attached hydrogen (secondary N) is 1. The van der Waals surface area contributed by atoms with Crippen LogP contribution >= 0.6 is 0 Å². The van der Waals surface area contributed by atoms with Gasteiger partial charge >= 0.3 is 0 Å². The molecule has 1 aliphatic rings. The Hall–Kier alpha value is -1.20. The van der Waals surface area contributed by atoms with Gasteiger partial charge in [-0.05, 0) is 25.7 Å². The van der Waals surface area contributed by atoms with Crippen molar-refractivity contribution in [2.75, 3.05) is 25.2 Å². The summed E-state index contributed by atoms with van der Waals surface area (Å²) in [6.07, 6.45) is 6.36. The highest BCUT2D eigenvalue weighted by Crippen LogP contribution is 2.36. The van der Waals surface area contributed by atoms with Crippen LogP contribution in [0.15, 0.2) is 12.4 Å². The Morgan fingerprint density at radius 2 is 2.10 bits per heavy atom. The Balaban J connectivity index is 2.08. The van der Waals surface area contributed by atoms with E-state index in [0.717, 1.165) is 30.5 Å². The predicted molar refractivity (Wildman–Crippen MR) is 85.4 cm³/mol. The zero-order chi connectivity index (χ0) is 15.2. The number of aromatic nitrogens is 2. The van der Waals surface area contributed by atoms with Gasteiger partial charge in [-0.25, -0.2) is 4.98 Å². The predicted octanol–water partition coefficient (Wildman–Crippen LogP) is 2.23. The molecule has 118 valence electrons. The Bertz CT molecular complexity index is 434. The lowest BCUT2D eigenvalue weighted by Gasteiger charge is -2.30. The number of hydrogen-bond donors (Lipinski definition) is 1. The van der Waals surface area contributed by atoms with Crippen LogP contribution < -0.4 is 10.2 Å². The monoisotopic (exact) mass is 292 g/mol. The van der Waals surface area contributed by atoms with Gasteiger partial charge in [0, 0.05) is 38.5 Å². The molecular formula is C16H28N4O. The summed E-state index contributed by atoms with van der Waals surface area (Å²) in [5.74, 6) is 1.76. The van der Waals surface area contributed by atoms with Gasteiger partial charge in [0.2, 0.25) is 0 Å². The summed E-state index contributed by atoms with van der Waals surface area (Å²) < 4.78 is 5.25. The van der Waals surface area contributed by atoms with E-state index in [-0.39, 0.29) is 0 Å². The van der Waals surface area contributed by atoms with E-state index in [4.69, 9.17) is 9.72 Å². The first kappa shape index (κ1) is 16.2. The number of hydrogen-bond acceptors (Lipinski definition) is 5. The van der Waals surface area contributed by atoms with E-state index in [1.165, 1.54) is 12.8 Å². The normalized spacial score (nSPS) is 16.2. The fraction of sp³-hybridized carbons (Fsp3) is 0.750. The Kier molecular flexibility index (Phi) is 5.94. The molecular weight excluding hydrogens is 264 g/mol. The molecule has 0 aromatic carbocycles. The summed E-state index contributed by atoms with van der Waals surface area (Å²) in [7, 11) is 1.74. The van der Waals surface area contributed by atoms with Gasteiger partial charge < -0.3 is 15.0 Å². The molecule has 1 aromatic heterocycles. The first-order valence-electron chi connectivity index (χ1n) is 7.91. The van der Waals surface area contributed by atoms with E-state index < -0.39 is 0 Å². The van der Waals surface area contributed by atoms with Gasteiger partial charge in [0.05, 0.1) is 18.5 Å². The fourth-order valence-electron chi connectivity index (χ4n) is 2.48. The maximum atomic E-state index is 5.25. The second-order valence-electron chi connectivity index (χ2n) is 6.17. The topological polar surface area (TPSA) is 50.3 Å². The minimum absolute atomic E-state index is 0.449. The summed E-state index contributed by atoms with van der Waals surface area (Å²) in [5, 5.41) is 3.39. The third-order valence-electron chi connectivity index (χ3n) is 3.99. The van der Waals surface area contributed by atoms with E-state index in [1.54, 1.807) is 7.11 Å². The van der Waals surface area contributed by atoms with E-state index >= 15 is 0 Å². The van der Waals surface area contributed by atoms with Crippen LogP contribution in [0, 0.1) is 5.92 Å². The first-order chi connectivity index (χ1) is 10.1. The average Bonchev–Trinajstić information content (AvgIpc) is 3.30. The Labute approximate surface area is 128 Å². The second kappa shape index (κ2) is 7.71. The molecule has 1 atom stereocenters. The molecule has 5 heteroatoms. The zero-order valence-electron chi connectivity index (χ0n) is 13.7. The molecule has 0 amide bonds. The minimum atomic E-state index is 0.449. The van der Waals surface area contributed by atoms with Gasteiger partial charge in [-0.3, -0.25) is 4.98 Å². The quantitative estimate of drug-likeness (QED) is 0.756. The van der Waals surface area contributed by atoms with Gasteiger partial charge in [0.15, 0.2) is 0 Å². The lowest BCUT2D eigenvalue weighted by atomic mass is 10.2. The van der Waals surface area contributed by atoms with Crippen LogP contribution in [0.25, 0.3) is 0 Å². The highest BCUT2D eigenvalue weighted by atomic mass is 16.5. The molecule has 1 saturated carbocycles. The standard InChI is InChI=1S/C16H28N4O/c1-12(2)18-10-15-9-17-11-16(19-15)20(7-8-21-4)13(3)14-5-6-14/h9,11-14,18H,5-8,10H2,1-4H3. The van der Waals surface area contributed by atoms with Crippen molar-refractivity contribution in [3.63, 3.8) is 0 Å². The van der Waals surface area contributed by atoms with Crippen molar-refractivity contribution in [1.82, 2.24) is 15.3 Å². The maximum Gasteiger partial charge on any atom is 0.147 e. The molecule has 0 saturated heterocycles. The first-order valence-corrected chi connectivity index (χ1v) is 7.91. The molecule has 1 heterocycles. The molecule has 0 bridgehead atoms. The maximum absolute atomic E-state index is 5.25. The number of rotatable bonds is 9. The lowest BCUT2D eigenvalue weighted by molar-refractivity contribution is 0.202. The summed E-state index contributed by atoms with van der Waals surface area (Å²) in [6, 6.07) is 0.952. The van der Waals surface area contributed by atoms with Crippen LogP contribution in [-0.4, -0.2) is 42.3 Å². The highest BCUT2D eigenvalue weighted by molar-refractivity contribution is 5.38. The van der Waals surface area contributed by atoms with Crippen molar-refractivity contribution in [2.45, 2.75) is 52.2 Å². The van der Waals surface area contributed by atoms with Gasteiger partial charge in [-0.2, -0.15) is 0 Å². The largest absolute Gasteiger partial charge is 0.383 e. The third kappa shape index (κ3) is 4.93. The van der Waals surface area contributed by atoms with Crippen molar-refractivity contribution in [1.29, 1.82) is 0 Å². The van der Waals surface area contributed by atoms with Crippen molar-refractivity contribution < 1.29 is 4.74 Å². The van der Waals surface area contributed by atoms with Crippen LogP contribution in [0.4, 0.5) is 5.82 Å². The summed E-state index contributed by atoms with van der Waals surface area (Å²) in [6.45, 7) is 8.90. The van der Waals surface area contributed by atoms with Gasteiger partial charge in [0.1, 0.15) is 5.82 Å². The van der Waals surface area contributed by atoms with Crippen LogP contribution in [-0.2, 0) is 11.3 Å². The number of nitrogens with zero attached hydrogens (tertiary/aromatic N) is 3. The van der Waals surface area contributed by atoms with E-state index in [9.17, 15) is 0 Å². The molecule has 1 aliphatic carbocycles. The molecule has 1 fully saturated rings. The molecule has 21 heavy (non-hydrogen) atoms. The van der Waals surface area contributed by atoms with Crippen molar-refractivity contribution >= 4 is 5.82 Å². The molecule has 0 spiro atoms. The lowest BCUT2D eigenvalue weighted by Crippen LogP contribution is -2.38. The SMILES string of the molecule is COCCN(c1cncc(CNC(C)C)n1)C(C)C1CC1. The van der Waals surface area contributed by atoms with E-state index in [0.29, 0.717) is 18.7 Å². The number of methoxy groups -OCH3 is 1. The fourth-order valence-corrected chi connectivity index (χ4v) is 2.48. The van der Waals surface area contributed by atoms with Gasteiger partial charge in [-0.15, -0.1) is 0 Å². The molecule has 2 rings (SSSR count). The van der Waals surface area contributed by atoms with Crippen molar-refractivity contribution in [3.8, 4) is 0 Å². The smallest absolute Gasteiger partial charge is 0.147 e. The molecule has 1 aromatic rings. The highest BCUT2D eigenvalue weighted by Gasteiger charge is 2.32. The van der Waals surface area contributed by atoms with Gasteiger partial charge in [0.25, 0.3) is 0 Å². The van der Waals surface area contributed by atoms with Crippen molar-refractivity contribution in [3.05, 3.63) is 18.1 Å². The average molecular weight is 292 g/mol. The molecule has 1 unspecified atom stereocenters. The van der Waals surface area contributed by atoms with Crippen molar-refractivity contribution in [2.24, 2.45) is 5.92 Å². The molecule has 1 N–H and O–H groups in total. The van der Waals surface area contributed by atoms with E-state index in [2.05, 4.69) is 36.0 Å². The van der Waals surface area contributed by atoms with Crippen LogP contribution in [0.5, 0.6) is 0 Å². The molecule has 0 radical (unpaired) electrons. The molecule has 5 nitrogen and oxygen atoms in total. The van der Waals surface area contributed by atoms with Crippen LogP contribution in [0.2, 0.25) is 0 Å².